The molecule has 5 heteroatoms. The standard InChI is InChI=1S/C21H24N4O/c26-21(23-15-19-14-22-20-6-2-5-13-25(19)20)18-9-7-17(8-10-18)16-24-11-3-1-4-12-24/h2,5-10,13-14H,1,3-4,11-12,15-16H2,(H,23,26). The quantitative estimate of drug-likeness (QED) is 0.770. The van der Waals surface area contributed by atoms with E-state index in [0.29, 0.717) is 12.1 Å². The molecule has 1 aliphatic heterocycles. The summed E-state index contributed by atoms with van der Waals surface area (Å²) >= 11 is 0. The minimum Gasteiger partial charge on any atom is -0.346 e. The van der Waals surface area contributed by atoms with Gasteiger partial charge in [-0.05, 0) is 55.8 Å². The van der Waals surface area contributed by atoms with E-state index < -0.39 is 0 Å². The highest BCUT2D eigenvalue weighted by Crippen LogP contribution is 2.14. The largest absolute Gasteiger partial charge is 0.346 e. The number of carbonyl (C=O) groups is 1. The second-order valence-electron chi connectivity index (χ2n) is 6.89. The number of benzene rings is 1. The molecule has 5 nitrogen and oxygen atoms in total. The molecule has 3 aromatic rings. The first-order valence-corrected chi connectivity index (χ1v) is 9.30. The number of nitrogens with one attached hydrogen (secondary N) is 1. The predicted molar refractivity (Wildman–Crippen MR) is 102 cm³/mol. The van der Waals surface area contributed by atoms with Crippen LogP contribution in [-0.2, 0) is 13.1 Å². The van der Waals surface area contributed by atoms with E-state index in [2.05, 4.69) is 27.3 Å². The Morgan fingerprint density at radius 2 is 1.85 bits per heavy atom. The van der Waals surface area contributed by atoms with Crippen molar-refractivity contribution in [3.63, 3.8) is 0 Å². The highest BCUT2D eigenvalue weighted by molar-refractivity contribution is 5.94. The molecular formula is C21H24N4O. The van der Waals surface area contributed by atoms with Crippen molar-refractivity contribution in [2.45, 2.75) is 32.4 Å². The summed E-state index contributed by atoms with van der Waals surface area (Å²) < 4.78 is 1.99. The molecule has 1 aromatic carbocycles. The van der Waals surface area contributed by atoms with E-state index in [1.807, 2.05) is 40.9 Å². The van der Waals surface area contributed by atoms with Crippen LogP contribution in [0, 0.1) is 0 Å². The van der Waals surface area contributed by atoms with Gasteiger partial charge < -0.3 is 9.72 Å². The molecule has 1 aliphatic rings. The highest BCUT2D eigenvalue weighted by Gasteiger charge is 2.11. The minimum atomic E-state index is -0.0552. The Hall–Kier alpha value is -2.66. The van der Waals surface area contributed by atoms with Gasteiger partial charge in [-0.25, -0.2) is 4.98 Å². The average Bonchev–Trinajstić information content (AvgIpc) is 3.11. The van der Waals surface area contributed by atoms with Crippen LogP contribution in [0.25, 0.3) is 5.65 Å². The highest BCUT2D eigenvalue weighted by atomic mass is 16.1. The van der Waals surface area contributed by atoms with Crippen LogP contribution in [0.15, 0.2) is 54.9 Å². The van der Waals surface area contributed by atoms with E-state index in [-0.39, 0.29) is 5.91 Å². The van der Waals surface area contributed by atoms with Gasteiger partial charge in [0.1, 0.15) is 5.65 Å². The van der Waals surface area contributed by atoms with Crippen LogP contribution < -0.4 is 5.32 Å². The maximum atomic E-state index is 12.4. The number of carbonyl (C=O) groups excluding carboxylic acids is 1. The van der Waals surface area contributed by atoms with Crippen LogP contribution in [0.4, 0.5) is 0 Å². The molecule has 26 heavy (non-hydrogen) atoms. The lowest BCUT2D eigenvalue weighted by Crippen LogP contribution is -2.29. The smallest absolute Gasteiger partial charge is 0.251 e. The van der Waals surface area contributed by atoms with Crippen LogP contribution >= 0.6 is 0 Å². The van der Waals surface area contributed by atoms with Crippen LogP contribution in [0.5, 0.6) is 0 Å². The number of aromatic nitrogens is 2. The van der Waals surface area contributed by atoms with Gasteiger partial charge in [0, 0.05) is 18.3 Å². The zero-order chi connectivity index (χ0) is 17.8. The molecule has 1 N–H and O–H groups in total. The summed E-state index contributed by atoms with van der Waals surface area (Å²) in [6.07, 6.45) is 7.70. The fraction of sp³-hybridized carbons (Fsp3) is 0.333. The van der Waals surface area contributed by atoms with Gasteiger partial charge in [0.25, 0.3) is 5.91 Å². The van der Waals surface area contributed by atoms with Gasteiger partial charge in [0.2, 0.25) is 0 Å². The molecule has 0 bridgehead atoms. The van der Waals surface area contributed by atoms with Crippen molar-refractivity contribution in [2.24, 2.45) is 0 Å². The third-order valence-corrected chi connectivity index (χ3v) is 4.99. The average molecular weight is 348 g/mol. The number of imidazole rings is 1. The van der Waals surface area contributed by atoms with Crippen LogP contribution in [0.2, 0.25) is 0 Å². The third-order valence-electron chi connectivity index (χ3n) is 4.99. The zero-order valence-electron chi connectivity index (χ0n) is 14.9. The number of hydrogen-bond acceptors (Lipinski definition) is 3. The lowest BCUT2D eigenvalue weighted by atomic mass is 10.1. The van der Waals surface area contributed by atoms with Crippen molar-refractivity contribution >= 4 is 11.6 Å². The maximum absolute atomic E-state index is 12.4. The number of nitrogens with zero attached hydrogens (tertiary/aromatic N) is 3. The van der Waals surface area contributed by atoms with Crippen molar-refractivity contribution in [1.29, 1.82) is 0 Å². The summed E-state index contributed by atoms with van der Waals surface area (Å²) in [5.41, 5.74) is 3.82. The molecule has 0 atom stereocenters. The Balaban J connectivity index is 1.35. The van der Waals surface area contributed by atoms with E-state index in [1.54, 1.807) is 6.20 Å². The van der Waals surface area contributed by atoms with Crippen molar-refractivity contribution in [3.8, 4) is 0 Å². The number of amides is 1. The van der Waals surface area contributed by atoms with Crippen molar-refractivity contribution in [3.05, 3.63) is 71.7 Å². The van der Waals surface area contributed by atoms with Crippen molar-refractivity contribution < 1.29 is 4.79 Å². The molecule has 0 spiro atoms. The summed E-state index contributed by atoms with van der Waals surface area (Å²) in [4.78, 5) is 19.3. The van der Waals surface area contributed by atoms with Gasteiger partial charge in [0.15, 0.2) is 0 Å². The Morgan fingerprint density at radius 1 is 1.04 bits per heavy atom. The van der Waals surface area contributed by atoms with Crippen LogP contribution in [-0.4, -0.2) is 33.3 Å². The van der Waals surface area contributed by atoms with Crippen molar-refractivity contribution in [2.75, 3.05) is 13.1 Å². The molecule has 3 heterocycles. The molecule has 4 rings (SSSR count). The second-order valence-corrected chi connectivity index (χ2v) is 6.89. The summed E-state index contributed by atoms with van der Waals surface area (Å²) in [6.45, 7) is 3.80. The number of pyridine rings is 1. The van der Waals surface area contributed by atoms with Gasteiger partial charge in [-0.1, -0.05) is 24.6 Å². The van der Waals surface area contributed by atoms with Gasteiger partial charge in [-0.15, -0.1) is 0 Å². The molecule has 0 radical (unpaired) electrons. The maximum Gasteiger partial charge on any atom is 0.251 e. The van der Waals surface area contributed by atoms with Gasteiger partial charge in [-0.3, -0.25) is 9.69 Å². The molecule has 1 saturated heterocycles. The summed E-state index contributed by atoms with van der Waals surface area (Å²) in [5.74, 6) is -0.0552. The Kier molecular flexibility index (Phi) is 4.97. The molecule has 2 aromatic heterocycles. The lowest BCUT2D eigenvalue weighted by molar-refractivity contribution is 0.0950. The van der Waals surface area contributed by atoms with Crippen molar-refractivity contribution in [1.82, 2.24) is 19.6 Å². The molecule has 0 saturated carbocycles. The second kappa shape index (κ2) is 7.70. The molecule has 134 valence electrons. The third kappa shape index (κ3) is 3.78. The lowest BCUT2D eigenvalue weighted by Gasteiger charge is -2.26. The summed E-state index contributed by atoms with van der Waals surface area (Å²) in [7, 11) is 0. The first-order chi connectivity index (χ1) is 12.8. The SMILES string of the molecule is O=C(NCc1cnc2ccccn12)c1ccc(CN2CCCCC2)cc1. The van der Waals surface area contributed by atoms with Gasteiger partial charge >= 0.3 is 0 Å². The van der Waals surface area contributed by atoms with E-state index >= 15 is 0 Å². The molecule has 0 aliphatic carbocycles. The Morgan fingerprint density at radius 3 is 2.65 bits per heavy atom. The number of hydrogen-bond donors (Lipinski definition) is 1. The van der Waals surface area contributed by atoms with Gasteiger partial charge in [-0.2, -0.15) is 0 Å². The first kappa shape index (κ1) is 16.8. The Labute approximate surface area is 153 Å². The number of likely N-dealkylation sites (tertiary alicyclic amines) is 1. The number of piperidine rings is 1. The Bertz CT molecular complexity index is 878. The monoisotopic (exact) mass is 348 g/mol. The fourth-order valence-electron chi connectivity index (χ4n) is 3.53. The predicted octanol–water partition coefficient (Wildman–Crippen LogP) is 3.25. The number of fused-ring (bicyclic) bond motifs is 1. The van der Waals surface area contributed by atoms with E-state index in [0.717, 1.165) is 17.9 Å². The summed E-state index contributed by atoms with van der Waals surface area (Å²) in [6, 6.07) is 13.8. The molecule has 1 fully saturated rings. The molecular weight excluding hydrogens is 324 g/mol. The summed E-state index contributed by atoms with van der Waals surface area (Å²) in [5, 5.41) is 2.98. The van der Waals surface area contributed by atoms with E-state index in [1.165, 1.54) is 37.9 Å². The zero-order valence-corrected chi connectivity index (χ0v) is 14.9. The molecule has 1 amide bonds. The minimum absolute atomic E-state index is 0.0552. The molecule has 0 unspecified atom stereocenters. The number of rotatable bonds is 5. The van der Waals surface area contributed by atoms with Crippen LogP contribution in [0.1, 0.15) is 40.9 Å². The normalized spacial score (nSPS) is 15.2. The van der Waals surface area contributed by atoms with E-state index in [4.69, 9.17) is 0 Å². The van der Waals surface area contributed by atoms with Crippen LogP contribution in [0.3, 0.4) is 0 Å². The first-order valence-electron chi connectivity index (χ1n) is 9.30. The topological polar surface area (TPSA) is 49.6 Å². The fourth-order valence-corrected chi connectivity index (χ4v) is 3.53. The van der Waals surface area contributed by atoms with E-state index in [9.17, 15) is 4.79 Å². The van der Waals surface area contributed by atoms with Gasteiger partial charge in [0.05, 0.1) is 18.4 Å².